The quantitative estimate of drug-likeness (QED) is 0.584. The Kier molecular flexibility index (Phi) is 4.05. The molecule has 2 N–H and O–H groups in total. The molecule has 23 heavy (non-hydrogen) atoms. The van der Waals surface area contributed by atoms with Gasteiger partial charge in [-0.3, -0.25) is 0 Å². The summed E-state index contributed by atoms with van der Waals surface area (Å²) >= 11 is 5.86. The zero-order valence-corrected chi connectivity index (χ0v) is 13.0. The number of aryl methyl sites for hydroxylation is 1. The number of hydrogen-bond acceptors (Lipinski definition) is 6. The Hall–Kier alpha value is -2.77. The van der Waals surface area contributed by atoms with Gasteiger partial charge in [0.05, 0.1) is 5.69 Å². The number of benzene rings is 1. The lowest BCUT2D eigenvalue weighted by Gasteiger charge is -2.16. The van der Waals surface area contributed by atoms with E-state index in [9.17, 15) is 4.79 Å². The van der Waals surface area contributed by atoms with E-state index in [4.69, 9.17) is 17.4 Å². The molecule has 1 aromatic carbocycles. The average Bonchev–Trinajstić information content (AvgIpc) is 2.56. The number of rotatable bonds is 3. The summed E-state index contributed by atoms with van der Waals surface area (Å²) in [5.74, 6) is 6.92. The van der Waals surface area contributed by atoms with Crippen molar-refractivity contribution in [3.8, 4) is 5.69 Å². The van der Waals surface area contributed by atoms with Gasteiger partial charge in [-0.25, -0.2) is 25.2 Å². The van der Waals surface area contributed by atoms with Gasteiger partial charge < -0.3 is 0 Å². The third-order valence-electron chi connectivity index (χ3n) is 3.17. The van der Waals surface area contributed by atoms with E-state index in [2.05, 4.69) is 15.0 Å². The SMILES string of the molecule is Cc1nc(N(N)c2ccccn2)nc(=O)n1-c1ccc(Cl)cc1. The van der Waals surface area contributed by atoms with Crippen LogP contribution in [0.5, 0.6) is 0 Å². The number of hydrogen-bond donors (Lipinski definition) is 1. The van der Waals surface area contributed by atoms with Gasteiger partial charge in [0, 0.05) is 11.2 Å². The maximum absolute atomic E-state index is 12.4. The van der Waals surface area contributed by atoms with Crippen LogP contribution < -0.4 is 16.5 Å². The molecule has 116 valence electrons. The van der Waals surface area contributed by atoms with Crippen LogP contribution in [0, 0.1) is 6.92 Å². The topological polar surface area (TPSA) is 89.9 Å². The van der Waals surface area contributed by atoms with Crippen molar-refractivity contribution in [1.29, 1.82) is 0 Å². The minimum absolute atomic E-state index is 0.0800. The fourth-order valence-electron chi connectivity index (χ4n) is 2.09. The van der Waals surface area contributed by atoms with E-state index in [1.165, 1.54) is 9.58 Å². The third-order valence-corrected chi connectivity index (χ3v) is 3.42. The fourth-order valence-corrected chi connectivity index (χ4v) is 2.21. The number of nitrogens with zero attached hydrogens (tertiary/aromatic N) is 5. The van der Waals surface area contributed by atoms with E-state index in [-0.39, 0.29) is 5.95 Å². The van der Waals surface area contributed by atoms with Crippen LogP contribution in [0.25, 0.3) is 5.69 Å². The molecule has 0 bridgehead atoms. The zero-order chi connectivity index (χ0) is 16.4. The summed E-state index contributed by atoms with van der Waals surface area (Å²) in [7, 11) is 0. The summed E-state index contributed by atoms with van der Waals surface area (Å²) in [6.07, 6.45) is 1.59. The first-order valence-corrected chi connectivity index (χ1v) is 7.13. The molecule has 3 aromatic rings. The van der Waals surface area contributed by atoms with Gasteiger partial charge in [-0.2, -0.15) is 9.97 Å². The molecule has 0 saturated heterocycles. The molecule has 3 rings (SSSR count). The Morgan fingerprint density at radius 3 is 2.48 bits per heavy atom. The summed E-state index contributed by atoms with van der Waals surface area (Å²) in [6.45, 7) is 1.70. The number of nitrogens with two attached hydrogens (primary N) is 1. The van der Waals surface area contributed by atoms with Crippen LogP contribution in [-0.4, -0.2) is 19.5 Å². The molecule has 0 saturated carbocycles. The maximum atomic E-state index is 12.4. The monoisotopic (exact) mass is 328 g/mol. The molecular weight excluding hydrogens is 316 g/mol. The van der Waals surface area contributed by atoms with E-state index in [0.29, 0.717) is 22.4 Å². The fraction of sp³-hybridized carbons (Fsp3) is 0.0667. The van der Waals surface area contributed by atoms with Gasteiger partial charge >= 0.3 is 5.69 Å². The van der Waals surface area contributed by atoms with Crippen LogP contribution in [0.3, 0.4) is 0 Å². The number of pyridine rings is 1. The first-order valence-electron chi connectivity index (χ1n) is 6.76. The summed E-state index contributed by atoms with van der Waals surface area (Å²) in [5, 5.41) is 1.75. The second-order valence-corrected chi connectivity index (χ2v) is 5.16. The normalized spacial score (nSPS) is 10.6. The summed E-state index contributed by atoms with van der Waals surface area (Å²) in [4.78, 5) is 24.7. The van der Waals surface area contributed by atoms with Gasteiger partial charge in [-0.05, 0) is 43.3 Å². The molecule has 8 heteroatoms. The third kappa shape index (κ3) is 3.05. The molecule has 0 fully saturated rings. The maximum Gasteiger partial charge on any atom is 0.356 e. The average molecular weight is 329 g/mol. The lowest BCUT2D eigenvalue weighted by molar-refractivity contribution is 0.788. The first-order chi connectivity index (χ1) is 11.1. The lowest BCUT2D eigenvalue weighted by Crippen LogP contribution is -2.33. The minimum Gasteiger partial charge on any atom is -0.248 e. The molecule has 2 heterocycles. The molecule has 2 aromatic heterocycles. The van der Waals surface area contributed by atoms with Gasteiger partial charge in [0.1, 0.15) is 11.6 Å². The van der Waals surface area contributed by atoms with Crippen molar-refractivity contribution in [3.05, 3.63) is 70.0 Å². The Labute approximate surface area is 137 Å². The molecule has 0 aliphatic carbocycles. The van der Waals surface area contributed by atoms with Gasteiger partial charge in [0.2, 0.25) is 0 Å². The Morgan fingerprint density at radius 1 is 1.13 bits per heavy atom. The van der Waals surface area contributed by atoms with Crippen molar-refractivity contribution < 1.29 is 0 Å². The standard InChI is InChI=1S/C15H13ClN6O/c1-10-19-14(22(17)13-4-2-3-9-18-13)20-15(23)21(10)12-7-5-11(16)6-8-12/h2-9H,17H2,1H3. The Balaban J connectivity index is 2.04. The number of aromatic nitrogens is 4. The molecule has 7 nitrogen and oxygen atoms in total. The summed E-state index contributed by atoms with van der Waals surface area (Å²) < 4.78 is 1.38. The Bertz CT molecular complexity index is 879. The van der Waals surface area contributed by atoms with Crippen LogP contribution in [0.2, 0.25) is 5.02 Å². The predicted molar refractivity (Wildman–Crippen MR) is 87.9 cm³/mol. The number of halogens is 1. The largest absolute Gasteiger partial charge is 0.356 e. The second-order valence-electron chi connectivity index (χ2n) is 4.72. The Morgan fingerprint density at radius 2 is 1.87 bits per heavy atom. The van der Waals surface area contributed by atoms with Crippen LogP contribution in [0.4, 0.5) is 11.8 Å². The lowest BCUT2D eigenvalue weighted by atomic mass is 10.3. The molecular formula is C15H13ClN6O. The number of anilines is 2. The molecule has 0 unspecified atom stereocenters. The predicted octanol–water partition coefficient (Wildman–Crippen LogP) is 2.00. The van der Waals surface area contributed by atoms with Crippen LogP contribution in [-0.2, 0) is 0 Å². The van der Waals surface area contributed by atoms with Crippen molar-refractivity contribution in [2.24, 2.45) is 5.84 Å². The van der Waals surface area contributed by atoms with Crippen LogP contribution in [0.15, 0.2) is 53.5 Å². The highest BCUT2D eigenvalue weighted by molar-refractivity contribution is 6.30. The van der Waals surface area contributed by atoms with Crippen LogP contribution >= 0.6 is 11.6 Å². The van der Waals surface area contributed by atoms with Crippen LogP contribution in [0.1, 0.15) is 5.82 Å². The smallest absolute Gasteiger partial charge is 0.248 e. The van der Waals surface area contributed by atoms with E-state index < -0.39 is 5.69 Å². The zero-order valence-electron chi connectivity index (χ0n) is 12.2. The second kappa shape index (κ2) is 6.15. The summed E-state index contributed by atoms with van der Waals surface area (Å²) in [6, 6.07) is 12.1. The van der Waals surface area contributed by atoms with Gasteiger partial charge in [-0.15, -0.1) is 0 Å². The highest BCUT2D eigenvalue weighted by Crippen LogP contribution is 2.16. The van der Waals surface area contributed by atoms with E-state index in [1.54, 1.807) is 55.6 Å². The van der Waals surface area contributed by atoms with Crippen molar-refractivity contribution in [2.75, 3.05) is 5.01 Å². The van der Waals surface area contributed by atoms with Gasteiger partial charge in [0.15, 0.2) is 0 Å². The van der Waals surface area contributed by atoms with Crippen molar-refractivity contribution in [1.82, 2.24) is 19.5 Å². The highest BCUT2D eigenvalue weighted by atomic mass is 35.5. The molecule has 0 amide bonds. The van der Waals surface area contributed by atoms with E-state index in [1.807, 2.05) is 0 Å². The van der Waals surface area contributed by atoms with Crippen molar-refractivity contribution in [3.63, 3.8) is 0 Å². The number of hydrazine groups is 1. The van der Waals surface area contributed by atoms with Gasteiger partial charge in [0.25, 0.3) is 5.95 Å². The molecule has 0 aliphatic rings. The minimum atomic E-state index is -0.485. The van der Waals surface area contributed by atoms with Gasteiger partial charge in [-0.1, -0.05) is 17.7 Å². The summed E-state index contributed by atoms with van der Waals surface area (Å²) in [5.41, 5.74) is 0.145. The highest BCUT2D eigenvalue weighted by Gasteiger charge is 2.14. The first kappa shape index (κ1) is 15.1. The van der Waals surface area contributed by atoms with Crippen molar-refractivity contribution >= 4 is 23.4 Å². The molecule has 0 aliphatic heterocycles. The molecule has 0 spiro atoms. The van der Waals surface area contributed by atoms with E-state index >= 15 is 0 Å². The molecule has 0 atom stereocenters. The van der Waals surface area contributed by atoms with Crippen molar-refractivity contribution in [2.45, 2.75) is 6.92 Å². The molecule has 0 radical (unpaired) electrons. The van der Waals surface area contributed by atoms with E-state index in [0.717, 1.165) is 0 Å².